The molecule has 2 fully saturated rings. The molecule has 0 radical (unpaired) electrons. The van der Waals surface area contributed by atoms with Crippen molar-refractivity contribution in [3.63, 3.8) is 0 Å². The molecule has 0 spiro atoms. The number of fused-ring (bicyclic) bond motifs is 1. The first-order valence-corrected chi connectivity index (χ1v) is 8.06. The van der Waals surface area contributed by atoms with Gasteiger partial charge in [0.2, 0.25) is 10.0 Å². The van der Waals surface area contributed by atoms with Gasteiger partial charge >= 0.3 is 0 Å². The van der Waals surface area contributed by atoms with Gasteiger partial charge in [0.15, 0.2) is 0 Å². The monoisotopic (exact) mass is 290 g/mol. The highest BCUT2D eigenvalue weighted by molar-refractivity contribution is 7.90. The molecular formula is C12H22N2O4S. The average molecular weight is 290 g/mol. The van der Waals surface area contributed by atoms with E-state index in [4.69, 9.17) is 10.5 Å². The summed E-state index contributed by atoms with van der Waals surface area (Å²) in [4.78, 5) is 12.4. The van der Waals surface area contributed by atoms with E-state index >= 15 is 0 Å². The second kappa shape index (κ2) is 4.17. The van der Waals surface area contributed by atoms with Crippen LogP contribution in [-0.4, -0.2) is 37.8 Å². The van der Waals surface area contributed by atoms with Crippen molar-refractivity contribution in [2.45, 2.75) is 51.0 Å². The third kappa shape index (κ3) is 1.82. The number of carbonyl (C=O) groups excluding carboxylic acids is 1. The van der Waals surface area contributed by atoms with Gasteiger partial charge in [-0.1, -0.05) is 13.8 Å². The van der Waals surface area contributed by atoms with Crippen LogP contribution in [0.3, 0.4) is 0 Å². The number of rotatable bonds is 3. The first-order chi connectivity index (χ1) is 8.55. The lowest BCUT2D eigenvalue weighted by molar-refractivity contribution is -0.173. The third-order valence-electron chi connectivity index (χ3n) is 4.69. The number of nitrogens with two attached hydrogens (primary N) is 1. The number of sulfonamides is 1. The Kier molecular flexibility index (Phi) is 3.23. The smallest absolute Gasteiger partial charge is 0.254 e. The van der Waals surface area contributed by atoms with E-state index in [0.29, 0.717) is 13.0 Å². The minimum Gasteiger partial charge on any atom is -0.377 e. The number of hydrogen-bond acceptors (Lipinski definition) is 5. The van der Waals surface area contributed by atoms with Crippen LogP contribution in [0.5, 0.6) is 0 Å². The Morgan fingerprint density at radius 3 is 2.53 bits per heavy atom. The van der Waals surface area contributed by atoms with Gasteiger partial charge in [0.25, 0.3) is 5.91 Å². The Bertz CT molecular complexity index is 500. The topological polar surface area (TPSA) is 98.5 Å². The van der Waals surface area contributed by atoms with Crippen molar-refractivity contribution < 1.29 is 17.9 Å². The van der Waals surface area contributed by atoms with E-state index < -0.39 is 32.1 Å². The summed E-state index contributed by atoms with van der Waals surface area (Å²) in [6.07, 6.45) is 0.629. The molecule has 19 heavy (non-hydrogen) atoms. The van der Waals surface area contributed by atoms with Crippen LogP contribution >= 0.6 is 0 Å². The minimum absolute atomic E-state index is 0.0648. The summed E-state index contributed by atoms with van der Waals surface area (Å²) >= 11 is 0. The highest BCUT2D eigenvalue weighted by Gasteiger charge is 2.71. The van der Waals surface area contributed by atoms with E-state index in [9.17, 15) is 13.2 Å². The molecule has 1 saturated carbocycles. The molecule has 3 unspecified atom stereocenters. The lowest BCUT2D eigenvalue weighted by Gasteiger charge is -2.60. The van der Waals surface area contributed by atoms with Crippen molar-refractivity contribution in [2.75, 3.05) is 6.61 Å². The quantitative estimate of drug-likeness (QED) is 0.761. The van der Waals surface area contributed by atoms with Gasteiger partial charge in [-0.2, -0.15) is 0 Å². The zero-order valence-corrected chi connectivity index (χ0v) is 12.6. The van der Waals surface area contributed by atoms with Gasteiger partial charge in [-0.15, -0.1) is 0 Å². The molecule has 2 rings (SSSR count). The van der Waals surface area contributed by atoms with Crippen molar-refractivity contribution in [1.29, 1.82) is 0 Å². The van der Waals surface area contributed by atoms with Crippen molar-refractivity contribution in [3.05, 3.63) is 0 Å². The van der Waals surface area contributed by atoms with Crippen molar-refractivity contribution in [1.82, 2.24) is 4.72 Å². The fraction of sp³-hybridized carbons (Fsp3) is 0.917. The van der Waals surface area contributed by atoms with Crippen molar-refractivity contribution >= 4 is 15.9 Å². The van der Waals surface area contributed by atoms with E-state index in [1.165, 1.54) is 13.8 Å². The van der Waals surface area contributed by atoms with Crippen LogP contribution in [0.25, 0.3) is 0 Å². The SMILES string of the molecule is CC(C)S(=O)(=O)NC(=O)C1(N)C2CCOC2C1(C)C. The molecule has 1 aliphatic carbocycles. The molecule has 7 heteroatoms. The lowest BCUT2D eigenvalue weighted by atomic mass is 9.48. The lowest BCUT2D eigenvalue weighted by Crippen LogP contribution is -2.80. The molecule has 1 heterocycles. The van der Waals surface area contributed by atoms with Gasteiger partial charge in [0, 0.05) is 17.9 Å². The molecular weight excluding hydrogens is 268 g/mol. The molecule has 0 aromatic heterocycles. The number of amides is 1. The zero-order valence-electron chi connectivity index (χ0n) is 11.8. The summed E-state index contributed by atoms with van der Waals surface area (Å²) in [5, 5.41) is -0.668. The van der Waals surface area contributed by atoms with Gasteiger partial charge in [-0.25, -0.2) is 8.42 Å². The maximum Gasteiger partial charge on any atom is 0.254 e. The van der Waals surface area contributed by atoms with Crippen molar-refractivity contribution in [3.8, 4) is 0 Å². The number of nitrogens with one attached hydrogen (secondary N) is 1. The van der Waals surface area contributed by atoms with Crippen molar-refractivity contribution in [2.24, 2.45) is 17.1 Å². The van der Waals surface area contributed by atoms with Gasteiger partial charge in [-0.05, 0) is 20.3 Å². The van der Waals surface area contributed by atoms with Crippen LogP contribution < -0.4 is 10.5 Å². The highest BCUT2D eigenvalue weighted by Crippen LogP contribution is 2.58. The summed E-state index contributed by atoms with van der Waals surface area (Å²) in [6.45, 7) is 7.31. The second-order valence-electron chi connectivity index (χ2n) is 6.30. The average Bonchev–Trinajstić information content (AvgIpc) is 2.74. The first kappa shape index (κ1) is 14.7. The molecule has 1 saturated heterocycles. The van der Waals surface area contributed by atoms with Crippen LogP contribution in [0.2, 0.25) is 0 Å². The predicted molar refractivity (Wildman–Crippen MR) is 70.7 cm³/mol. The Labute approximate surface area is 114 Å². The van der Waals surface area contributed by atoms with Crippen LogP contribution in [0.1, 0.15) is 34.1 Å². The van der Waals surface area contributed by atoms with Gasteiger partial charge in [0.1, 0.15) is 5.54 Å². The van der Waals surface area contributed by atoms with Crippen LogP contribution in [0.4, 0.5) is 0 Å². The van der Waals surface area contributed by atoms with Gasteiger partial charge < -0.3 is 10.5 Å². The summed E-state index contributed by atoms with van der Waals surface area (Å²) < 4.78 is 31.3. The van der Waals surface area contributed by atoms with E-state index in [0.717, 1.165) is 0 Å². The van der Waals surface area contributed by atoms with Crippen LogP contribution in [0, 0.1) is 11.3 Å². The predicted octanol–water partition coefficient (Wildman–Crippen LogP) is -0.0168. The van der Waals surface area contributed by atoms with Crippen LogP contribution in [0.15, 0.2) is 0 Å². The molecule has 6 nitrogen and oxygen atoms in total. The first-order valence-electron chi connectivity index (χ1n) is 6.51. The number of carbonyl (C=O) groups is 1. The Balaban J connectivity index is 2.24. The van der Waals surface area contributed by atoms with E-state index in [1.807, 2.05) is 13.8 Å². The molecule has 0 aromatic rings. The molecule has 0 bridgehead atoms. The summed E-state index contributed by atoms with van der Waals surface area (Å²) in [7, 11) is -3.66. The second-order valence-corrected chi connectivity index (χ2v) is 8.54. The zero-order chi connectivity index (χ0) is 14.6. The molecule has 1 aliphatic heterocycles. The Hall–Kier alpha value is -0.660. The summed E-state index contributed by atoms with van der Waals surface area (Å²) in [5.74, 6) is -0.720. The largest absolute Gasteiger partial charge is 0.377 e. The number of hydrogen-bond donors (Lipinski definition) is 2. The minimum atomic E-state index is -3.66. The van der Waals surface area contributed by atoms with Gasteiger partial charge in [-0.3, -0.25) is 9.52 Å². The maximum absolute atomic E-state index is 12.4. The maximum atomic E-state index is 12.4. The molecule has 2 aliphatic rings. The molecule has 110 valence electrons. The molecule has 3 atom stereocenters. The Morgan fingerprint density at radius 1 is 1.42 bits per heavy atom. The normalized spacial score (nSPS) is 36.7. The van der Waals surface area contributed by atoms with E-state index in [2.05, 4.69) is 4.72 Å². The Morgan fingerprint density at radius 2 is 2.00 bits per heavy atom. The van der Waals surface area contributed by atoms with E-state index in [-0.39, 0.29) is 12.0 Å². The summed E-state index contributed by atoms with van der Waals surface area (Å²) in [6, 6.07) is 0. The highest BCUT2D eigenvalue weighted by atomic mass is 32.2. The van der Waals surface area contributed by atoms with E-state index in [1.54, 1.807) is 0 Å². The fourth-order valence-electron chi connectivity index (χ4n) is 3.18. The fourth-order valence-corrected chi connectivity index (χ4v) is 3.84. The third-order valence-corrected chi connectivity index (χ3v) is 6.40. The van der Waals surface area contributed by atoms with Gasteiger partial charge in [0.05, 0.1) is 11.4 Å². The summed E-state index contributed by atoms with van der Waals surface area (Å²) in [5.41, 5.74) is 4.51. The molecule has 3 N–H and O–H groups in total. The molecule has 0 aromatic carbocycles. The standard InChI is InChI=1S/C12H22N2O4S/c1-7(2)19(16,17)14-10(15)12(13)8-5-6-18-9(8)11(12,3)4/h7-9H,5-6,13H2,1-4H3,(H,14,15). The number of ether oxygens (including phenoxy) is 1. The molecule has 1 amide bonds. The van der Waals surface area contributed by atoms with Crippen LogP contribution in [-0.2, 0) is 19.6 Å².